The van der Waals surface area contributed by atoms with Gasteiger partial charge in [-0.25, -0.2) is 9.97 Å². The van der Waals surface area contributed by atoms with E-state index in [1.165, 1.54) is 0 Å². The summed E-state index contributed by atoms with van der Waals surface area (Å²) >= 11 is 0. The largest absolute Gasteiger partial charge is 0.498 e. The molecule has 4 nitrogen and oxygen atoms in total. The number of hydrogen-bond donors (Lipinski definition) is 0. The minimum atomic E-state index is -0.910. The Bertz CT molecular complexity index is 432. The van der Waals surface area contributed by atoms with E-state index in [9.17, 15) is 0 Å². The van der Waals surface area contributed by atoms with Gasteiger partial charge in [-0.2, -0.15) is 0 Å². The normalized spacial score (nSPS) is 13.5. The van der Waals surface area contributed by atoms with Crippen molar-refractivity contribution in [3.05, 3.63) is 24.3 Å². The molecule has 0 unspecified atom stereocenters. The maximum absolute atomic E-state index is 5.25. The number of hydrogen-bond acceptors (Lipinski definition) is 4. The highest BCUT2D eigenvalue weighted by Gasteiger charge is 2.17. The van der Waals surface area contributed by atoms with Crippen LogP contribution in [-0.2, 0) is 0 Å². The molecule has 0 fully saturated rings. The summed E-state index contributed by atoms with van der Waals surface area (Å²) in [5.74, 6) is 1.09. The SMILES string of the molecule is c1ccc2nc3c(nc2c1)O[SiH2]O3. The van der Waals surface area contributed by atoms with Crippen molar-refractivity contribution < 1.29 is 8.85 Å². The predicted octanol–water partition coefficient (Wildman–Crippen LogP) is 0.400. The highest BCUT2D eigenvalue weighted by atomic mass is 28.3. The fraction of sp³-hybridized carbons (Fsp3) is 0. The first-order valence-corrected chi connectivity index (χ1v) is 5.11. The zero-order valence-corrected chi connectivity index (χ0v) is 8.14. The van der Waals surface area contributed by atoms with Crippen molar-refractivity contribution in [3.8, 4) is 11.8 Å². The van der Waals surface area contributed by atoms with Gasteiger partial charge in [0, 0.05) is 0 Å². The molecule has 0 saturated heterocycles. The first-order valence-electron chi connectivity index (χ1n) is 3.96. The van der Waals surface area contributed by atoms with Gasteiger partial charge < -0.3 is 8.85 Å². The molecule has 64 valence electrons. The van der Waals surface area contributed by atoms with Crippen LogP contribution in [0.25, 0.3) is 11.0 Å². The third-order valence-electron chi connectivity index (χ3n) is 1.90. The van der Waals surface area contributed by atoms with E-state index >= 15 is 0 Å². The lowest BCUT2D eigenvalue weighted by Gasteiger charge is -1.98. The number of benzene rings is 1. The zero-order chi connectivity index (χ0) is 8.67. The second-order valence-corrected chi connectivity index (χ2v) is 3.54. The number of fused-ring (bicyclic) bond motifs is 2. The van der Waals surface area contributed by atoms with E-state index in [4.69, 9.17) is 8.85 Å². The number of nitrogens with zero attached hydrogens (tertiary/aromatic N) is 2. The van der Waals surface area contributed by atoms with Crippen LogP contribution in [0.15, 0.2) is 24.3 Å². The molecule has 0 amide bonds. The van der Waals surface area contributed by atoms with Crippen LogP contribution >= 0.6 is 0 Å². The standard InChI is InChI=1S/C8H6N2O2Si/c1-2-4-6-5(3-1)9-7-8(10-6)12-13-11-7/h1-4H,13H2. The minimum Gasteiger partial charge on any atom is -0.498 e. The third-order valence-corrected chi connectivity index (χ3v) is 2.68. The molecule has 2 aromatic rings. The fourth-order valence-electron chi connectivity index (χ4n) is 1.30. The van der Waals surface area contributed by atoms with Crippen LogP contribution in [0.2, 0.25) is 0 Å². The van der Waals surface area contributed by atoms with Crippen molar-refractivity contribution in [1.29, 1.82) is 0 Å². The van der Waals surface area contributed by atoms with E-state index in [0.29, 0.717) is 11.8 Å². The molecule has 0 spiro atoms. The molecule has 0 N–H and O–H groups in total. The van der Waals surface area contributed by atoms with Crippen molar-refractivity contribution in [3.63, 3.8) is 0 Å². The van der Waals surface area contributed by atoms with Gasteiger partial charge in [-0.3, -0.25) is 0 Å². The van der Waals surface area contributed by atoms with Gasteiger partial charge in [-0.1, -0.05) is 12.1 Å². The van der Waals surface area contributed by atoms with E-state index < -0.39 is 10.0 Å². The van der Waals surface area contributed by atoms with Crippen LogP contribution in [0.1, 0.15) is 0 Å². The van der Waals surface area contributed by atoms with E-state index in [2.05, 4.69) is 9.97 Å². The average Bonchev–Trinajstić information content (AvgIpc) is 2.61. The summed E-state index contributed by atoms with van der Waals surface area (Å²) in [5, 5.41) is 0. The van der Waals surface area contributed by atoms with Crippen LogP contribution in [0.5, 0.6) is 11.8 Å². The van der Waals surface area contributed by atoms with Crippen molar-refractivity contribution in [2.24, 2.45) is 0 Å². The van der Waals surface area contributed by atoms with Crippen LogP contribution in [0, 0.1) is 0 Å². The lowest BCUT2D eigenvalue weighted by Crippen LogP contribution is -2.00. The number of rotatable bonds is 0. The lowest BCUT2D eigenvalue weighted by atomic mass is 10.3. The van der Waals surface area contributed by atoms with Gasteiger partial charge in [0.1, 0.15) is 0 Å². The number of aromatic nitrogens is 2. The monoisotopic (exact) mass is 190 g/mol. The summed E-state index contributed by atoms with van der Waals surface area (Å²) in [6.45, 7) is 0. The van der Waals surface area contributed by atoms with Gasteiger partial charge in [0.2, 0.25) is 0 Å². The van der Waals surface area contributed by atoms with Crippen LogP contribution < -0.4 is 8.85 Å². The van der Waals surface area contributed by atoms with E-state index in [0.717, 1.165) is 11.0 Å². The van der Waals surface area contributed by atoms with Crippen LogP contribution in [0.4, 0.5) is 0 Å². The predicted molar refractivity (Wildman–Crippen MR) is 49.3 cm³/mol. The summed E-state index contributed by atoms with van der Waals surface area (Å²) < 4.78 is 10.5. The van der Waals surface area contributed by atoms with E-state index in [1.54, 1.807) is 0 Å². The van der Waals surface area contributed by atoms with E-state index in [1.807, 2.05) is 24.3 Å². The Morgan fingerprint density at radius 2 is 1.46 bits per heavy atom. The summed E-state index contributed by atoms with van der Waals surface area (Å²) in [6.07, 6.45) is 0. The van der Waals surface area contributed by atoms with Crippen molar-refractivity contribution in [2.45, 2.75) is 0 Å². The Hall–Kier alpha value is -1.62. The molecule has 0 bridgehead atoms. The second kappa shape index (κ2) is 2.43. The summed E-state index contributed by atoms with van der Waals surface area (Å²) in [7, 11) is -0.910. The first kappa shape index (κ1) is 6.85. The molecular formula is C8H6N2O2Si. The van der Waals surface area contributed by atoms with Crippen molar-refractivity contribution >= 4 is 21.0 Å². The van der Waals surface area contributed by atoms with Crippen LogP contribution in [0.3, 0.4) is 0 Å². The number of para-hydroxylation sites is 2. The van der Waals surface area contributed by atoms with Gasteiger partial charge in [-0.05, 0) is 12.1 Å². The summed E-state index contributed by atoms with van der Waals surface area (Å²) in [5.41, 5.74) is 1.70. The maximum Gasteiger partial charge on any atom is 0.430 e. The Kier molecular flexibility index (Phi) is 1.28. The first-order chi connectivity index (χ1) is 6.43. The Morgan fingerprint density at radius 1 is 0.923 bits per heavy atom. The molecular weight excluding hydrogens is 184 g/mol. The highest BCUT2D eigenvalue weighted by molar-refractivity contribution is 6.22. The molecule has 0 aliphatic carbocycles. The van der Waals surface area contributed by atoms with Gasteiger partial charge >= 0.3 is 10.0 Å². The van der Waals surface area contributed by atoms with Gasteiger partial charge in [0.25, 0.3) is 11.8 Å². The molecule has 0 saturated carbocycles. The summed E-state index contributed by atoms with van der Waals surface area (Å²) in [4.78, 5) is 8.56. The second-order valence-electron chi connectivity index (χ2n) is 2.73. The molecule has 3 rings (SSSR count). The fourth-order valence-corrected chi connectivity index (χ4v) is 1.96. The van der Waals surface area contributed by atoms with Gasteiger partial charge in [-0.15, -0.1) is 0 Å². The zero-order valence-electron chi connectivity index (χ0n) is 6.73. The Balaban J connectivity index is 2.36. The average molecular weight is 190 g/mol. The molecule has 1 aromatic carbocycles. The molecule has 1 aliphatic rings. The molecule has 0 atom stereocenters. The topological polar surface area (TPSA) is 44.2 Å². The molecule has 2 heterocycles. The Labute approximate surface area is 76.6 Å². The molecule has 1 aliphatic heterocycles. The molecule has 1 aromatic heterocycles. The minimum absolute atomic E-state index is 0.547. The lowest BCUT2D eigenvalue weighted by molar-refractivity contribution is 0.530. The maximum atomic E-state index is 5.25. The van der Waals surface area contributed by atoms with E-state index in [-0.39, 0.29) is 0 Å². The Morgan fingerprint density at radius 3 is 2.00 bits per heavy atom. The van der Waals surface area contributed by atoms with Crippen molar-refractivity contribution in [2.75, 3.05) is 0 Å². The quantitative estimate of drug-likeness (QED) is 0.564. The van der Waals surface area contributed by atoms with Gasteiger partial charge in [0.15, 0.2) is 0 Å². The van der Waals surface area contributed by atoms with Crippen LogP contribution in [-0.4, -0.2) is 20.0 Å². The smallest absolute Gasteiger partial charge is 0.430 e. The highest BCUT2D eigenvalue weighted by Crippen LogP contribution is 2.28. The third kappa shape index (κ3) is 0.972. The molecule has 0 radical (unpaired) electrons. The van der Waals surface area contributed by atoms with Gasteiger partial charge in [0.05, 0.1) is 11.0 Å². The summed E-state index contributed by atoms with van der Waals surface area (Å²) in [6, 6.07) is 7.67. The molecule has 13 heavy (non-hydrogen) atoms. The van der Waals surface area contributed by atoms with Crippen molar-refractivity contribution in [1.82, 2.24) is 9.97 Å². The molecule has 5 heteroatoms.